The van der Waals surface area contributed by atoms with Gasteiger partial charge in [-0.15, -0.1) is 0 Å². The summed E-state index contributed by atoms with van der Waals surface area (Å²) in [6.45, 7) is 0. The van der Waals surface area contributed by atoms with Crippen molar-refractivity contribution < 1.29 is 26.3 Å². The molecule has 2 aromatic rings. The maximum atomic E-state index is 11.9. The van der Waals surface area contributed by atoms with Crippen LogP contribution in [0.4, 0.5) is 26.3 Å². The fourth-order valence-electron chi connectivity index (χ4n) is 1.28. The molecular formula is C14H8Cl2F6. The monoisotopic (exact) mass is 360 g/mol. The zero-order chi connectivity index (χ0) is 17.0. The molecule has 22 heavy (non-hydrogen) atoms. The SMILES string of the molecule is FC(F)(F)c1ccc(Cl)cc1.FC(F)(F)c1ccc(Cl)cc1. The van der Waals surface area contributed by atoms with Gasteiger partial charge in [0.1, 0.15) is 0 Å². The van der Waals surface area contributed by atoms with Gasteiger partial charge < -0.3 is 0 Å². The first-order valence-corrected chi connectivity index (χ1v) is 6.41. The van der Waals surface area contributed by atoms with Crippen molar-refractivity contribution in [3.8, 4) is 0 Å². The van der Waals surface area contributed by atoms with E-state index in [2.05, 4.69) is 0 Å². The summed E-state index contributed by atoms with van der Waals surface area (Å²) in [5.74, 6) is 0. The van der Waals surface area contributed by atoms with Crippen molar-refractivity contribution in [2.45, 2.75) is 12.4 Å². The first kappa shape index (κ1) is 18.6. The molecule has 0 bridgehead atoms. The van der Waals surface area contributed by atoms with Gasteiger partial charge in [-0.1, -0.05) is 23.2 Å². The van der Waals surface area contributed by atoms with Crippen LogP contribution in [-0.2, 0) is 12.4 Å². The molecule has 2 aromatic carbocycles. The van der Waals surface area contributed by atoms with Crippen molar-refractivity contribution in [3.63, 3.8) is 0 Å². The molecule has 0 saturated heterocycles. The lowest BCUT2D eigenvalue weighted by atomic mass is 10.2. The molecule has 0 saturated carbocycles. The van der Waals surface area contributed by atoms with Gasteiger partial charge in [-0.25, -0.2) is 0 Å². The molecule has 0 aliphatic carbocycles. The van der Waals surface area contributed by atoms with Crippen molar-refractivity contribution >= 4 is 23.2 Å². The highest BCUT2D eigenvalue weighted by Crippen LogP contribution is 2.30. The van der Waals surface area contributed by atoms with E-state index in [1.807, 2.05) is 0 Å². The van der Waals surface area contributed by atoms with Crippen LogP contribution < -0.4 is 0 Å². The molecule has 0 atom stereocenters. The number of halogens is 8. The Morgan fingerprint density at radius 1 is 0.500 bits per heavy atom. The van der Waals surface area contributed by atoms with Crippen LogP contribution in [0.2, 0.25) is 10.0 Å². The molecule has 0 amide bonds. The van der Waals surface area contributed by atoms with Crippen LogP contribution in [0, 0.1) is 0 Å². The molecular weight excluding hydrogens is 353 g/mol. The highest BCUT2D eigenvalue weighted by molar-refractivity contribution is 6.30. The third kappa shape index (κ3) is 6.15. The molecule has 0 spiro atoms. The minimum absolute atomic E-state index is 0.304. The molecule has 0 unspecified atom stereocenters. The lowest BCUT2D eigenvalue weighted by molar-refractivity contribution is -0.138. The summed E-state index contributed by atoms with van der Waals surface area (Å²) in [6, 6.07) is 8.64. The van der Waals surface area contributed by atoms with E-state index in [0.29, 0.717) is 10.0 Å². The molecule has 0 radical (unpaired) electrons. The predicted octanol–water partition coefficient (Wildman–Crippen LogP) is 6.72. The fraction of sp³-hybridized carbons (Fsp3) is 0.143. The van der Waals surface area contributed by atoms with Gasteiger partial charge in [-0.05, 0) is 48.5 Å². The first-order valence-electron chi connectivity index (χ1n) is 5.65. The summed E-state index contributed by atoms with van der Waals surface area (Å²) in [7, 11) is 0. The second-order valence-corrected chi connectivity index (χ2v) is 4.88. The van der Waals surface area contributed by atoms with Crippen LogP contribution in [0.25, 0.3) is 0 Å². The van der Waals surface area contributed by atoms with Crippen LogP contribution in [-0.4, -0.2) is 0 Å². The minimum Gasteiger partial charge on any atom is -0.166 e. The molecule has 0 aliphatic rings. The van der Waals surface area contributed by atoms with E-state index in [9.17, 15) is 26.3 Å². The highest BCUT2D eigenvalue weighted by Gasteiger charge is 2.30. The van der Waals surface area contributed by atoms with Crippen LogP contribution in [0.5, 0.6) is 0 Å². The maximum absolute atomic E-state index is 11.9. The van der Waals surface area contributed by atoms with Gasteiger partial charge in [0.2, 0.25) is 0 Å². The topological polar surface area (TPSA) is 0 Å². The van der Waals surface area contributed by atoms with E-state index in [0.717, 1.165) is 24.3 Å². The van der Waals surface area contributed by atoms with E-state index in [1.54, 1.807) is 0 Å². The van der Waals surface area contributed by atoms with E-state index in [4.69, 9.17) is 23.2 Å². The Balaban J connectivity index is 0.000000220. The summed E-state index contributed by atoms with van der Waals surface area (Å²) in [5.41, 5.74) is -1.36. The Hall–Kier alpha value is -1.40. The Kier molecular flexibility index (Phi) is 6.14. The standard InChI is InChI=1S/2C7H4ClF3/c2*8-6-3-1-5(2-4-6)7(9,10)11/h2*1-4H. The van der Waals surface area contributed by atoms with Crippen molar-refractivity contribution in [2.75, 3.05) is 0 Å². The van der Waals surface area contributed by atoms with E-state index >= 15 is 0 Å². The maximum Gasteiger partial charge on any atom is 0.416 e. The zero-order valence-corrected chi connectivity index (χ0v) is 12.2. The number of benzene rings is 2. The summed E-state index contributed by atoms with van der Waals surface area (Å²) in [6.07, 6.45) is -8.55. The lowest BCUT2D eigenvalue weighted by Gasteiger charge is -2.04. The molecule has 0 aromatic heterocycles. The van der Waals surface area contributed by atoms with Gasteiger partial charge in [-0.2, -0.15) is 26.3 Å². The Bertz CT molecular complexity index is 529. The molecule has 8 heteroatoms. The predicted molar refractivity (Wildman–Crippen MR) is 72.9 cm³/mol. The second kappa shape index (κ2) is 7.24. The summed E-state index contributed by atoms with van der Waals surface area (Å²) in [4.78, 5) is 0. The fourth-order valence-corrected chi connectivity index (χ4v) is 1.53. The van der Waals surface area contributed by atoms with Crippen molar-refractivity contribution in [2.24, 2.45) is 0 Å². The average Bonchev–Trinajstić information content (AvgIpc) is 2.38. The van der Waals surface area contributed by atoms with Crippen LogP contribution in [0.15, 0.2) is 48.5 Å². The number of hydrogen-bond donors (Lipinski definition) is 0. The Morgan fingerprint density at radius 3 is 0.909 bits per heavy atom. The largest absolute Gasteiger partial charge is 0.416 e. The number of rotatable bonds is 0. The molecule has 120 valence electrons. The molecule has 0 heterocycles. The minimum atomic E-state index is -4.27. The zero-order valence-electron chi connectivity index (χ0n) is 10.6. The van der Waals surface area contributed by atoms with Gasteiger partial charge >= 0.3 is 12.4 Å². The van der Waals surface area contributed by atoms with Gasteiger partial charge in [0.25, 0.3) is 0 Å². The normalized spacial score (nSPS) is 11.6. The quantitative estimate of drug-likeness (QED) is 0.457. The summed E-state index contributed by atoms with van der Waals surface area (Å²) in [5, 5.41) is 0.607. The Labute approximate surface area is 132 Å². The first-order chi connectivity index (χ1) is 10.00. The third-order valence-electron chi connectivity index (χ3n) is 2.34. The molecule has 2 rings (SSSR count). The molecule has 0 nitrogen and oxygen atoms in total. The second-order valence-electron chi connectivity index (χ2n) is 4.01. The molecule has 0 aliphatic heterocycles. The van der Waals surface area contributed by atoms with Crippen molar-refractivity contribution in [1.82, 2.24) is 0 Å². The summed E-state index contributed by atoms with van der Waals surface area (Å²) < 4.78 is 71.3. The Morgan fingerprint density at radius 2 is 0.727 bits per heavy atom. The van der Waals surface area contributed by atoms with Gasteiger partial charge in [0.15, 0.2) is 0 Å². The van der Waals surface area contributed by atoms with Crippen LogP contribution in [0.1, 0.15) is 11.1 Å². The van der Waals surface area contributed by atoms with E-state index in [-0.39, 0.29) is 0 Å². The van der Waals surface area contributed by atoms with Crippen molar-refractivity contribution in [1.29, 1.82) is 0 Å². The van der Waals surface area contributed by atoms with Crippen molar-refractivity contribution in [3.05, 3.63) is 69.7 Å². The van der Waals surface area contributed by atoms with Crippen LogP contribution in [0.3, 0.4) is 0 Å². The van der Waals surface area contributed by atoms with Gasteiger partial charge in [0.05, 0.1) is 11.1 Å². The lowest BCUT2D eigenvalue weighted by Crippen LogP contribution is -2.03. The smallest absolute Gasteiger partial charge is 0.166 e. The van der Waals surface area contributed by atoms with Crippen LogP contribution >= 0.6 is 23.2 Å². The van der Waals surface area contributed by atoms with Gasteiger partial charge in [0, 0.05) is 10.0 Å². The average molecular weight is 361 g/mol. The molecule has 0 N–H and O–H groups in total. The van der Waals surface area contributed by atoms with Gasteiger partial charge in [-0.3, -0.25) is 0 Å². The highest BCUT2D eigenvalue weighted by atomic mass is 35.5. The third-order valence-corrected chi connectivity index (χ3v) is 2.85. The number of alkyl halides is 6. The van der Waals surface area contributed by atoms with E-state index in [1.165, 1.54) is 24.3 Å². The van der Waals surface area contributed by atoms with E-state index < -0.39 is 23.5 Å². The number of hydrogen-bond acceptors (Lipinski definition) is 0. The molecule has 0 fully saturated rings. The summed E-state index contributed by atoms with van der Waals surface area (Å²) >= 11 is 10.8.